The number of fused-ring (bicyclic) bond motifs is 2. The van der Waals surface area contributed by atoms with Crippen molar-refractivity contribution >= 4 is 44.3 Å². The summed E-state index contributed by atoms with van der Waals surface area (Å²) in [7, 11) is -4.03. The van der Waals surface area contributed by atoms with Gasteiger partial charge in [-0.3, -0.25) is 19.8 Å². The summed E-state index contributed by atoms with van der Waals surface area (Å²) in [5.74, 6) is -0.795. The number of nitrogens with zero attached hydrogens (tertiary/aromatic N) is 3. The van der Waals surface area contributed by atoms with Gasteiger partial charge in [-0.2, -0.15) is 4.31 Å². The van der Waals surface area contributed by atoms with E-state index in [-0.39, 0.29) is 30.5 Å². The molecule has 1 amide bonds. The van der Waals surface area contributed by atoms with Gasteiger partial charge in [-0.15, -0.1) is 0 Å². The topological polar surface area (TPSA) is 99.3 Å². The van der Waals surface area contributed by atoms with Gasteiger partial charge in [-0.1, -0.05) is 54.1 Å². The van der Waals surface area contributed by atoms with Crippen LogP contribution in [0.1, 0.15) is 25.3 Å². The minimum Gasteiger partial charge on any atom is -0.462 e. The Morgan fingerprint density at radius 2 is 1.71 bits per heavy atom. The first-order valence-corrected chi connectivity index (χ1v) is 15.6. The lowest BCUT2D eigenvalue weighted by molar-refractivity contribution is -0.155. The first kappa shape index (κ1) is 28.1. The van der Waals surface area contributed by atoms with Gasteiger partial charge >= 0.3 is 5.97 Å². The number of ether oxygens (including phenoxy) is 1. The monoisotopic (exact) mass is 596 g/mol. The van der Waals surface area contributed by atoms with Gasteiger partial charge in [0.2, 0.25) is 15.9 Å². The number of hydrogen-bond acceptors (Lipinski definition) is 7. The van der Waals surface area contributed by atoms with Gasteiger partial charge in [0.15, 0.2) is 0 Å². The lowest BCUT2D eigenvalue weighted by Gasteiger charge is -2.45. The maximum absolute atomic E-state index is 13.9. The number of sulfonamides is 1. The molecule has 3 aliphatic heterocycles. The van der Waals surface area contributed by atoms with E-state index in [1.54, 1.807) is 35.2 Å². The lowest BCUT2D eigenvalue weighted by Crippen LogP contribution is -2.70. The average molecular weight is 597 g/mol. The van der Waals surface area contributed by atoms with Crippen LogP contribution in [0.2, 0.25) is 5.02 Å². The van der Waals surface area contributed by atoms with Crippen LogP contribution in [0.5, 0.6) is 0 Å². The van der Waals surface area contributed by atoms with E-state index in [1.165, 1.54) is 22.9 Å². The number of carbonyl (C=O) groups is 2. The zero-order valence-corrected chi connectivity index (χ0v) is 24.5. The van der Waals surface area contributed by atoms with Crippen molar-refractivity contribution in [2.75, 3.05) is 39.3 Å². The van der Waals surface area contributed by atoms with E-state index in [1.807, 2.05) is 18.2 Å². The third-order valence-corrected chi connectivity index (χ3v) is 10.5. The fourth-order valence-corrected chi connectivity index (χ4v) is 8.07. The molecule has 0 saturated carbocycles. The summed E-state index contributed by atoms with van der Waals surface area (Å²) in [6.07, 6.45) is 1.57. The second kappa shape index (κ2) is 10.7. The molecule has 3 aliphatic rings. The number of halogens is 1. The van der Waals surface area contributed by atoms with Gasteiger partial charge in [-0.05, 0) is 53.4 Å². The van der Waals surface area contributed by atoms with Crippen LogP contribution >= 0.6 is 11.6 Å². The van der Waals surface area contributed by atoms with Crippen molar-refractivity contribution in [1.82, 2.24) is 19.4 Å². The molecular weight excluding hydrogens is 564 g/mol. The molecule has 0 aliphatic carbocycles. The van der Waals surface area contributed by atoms with Gasteiger partial charge in [0, 0.05) is 43.7 Å². The normalized spacial score (nSPS) is 23.2. The Kier molecular flexibility index (Phi) is 7.32. The number of hydrogen-bond donors (Lipinski definition) is 1. The van der Waals surface area contributed by atoms with Crippen molar-refractivity contribution in [3.05, 3.63) is 77.3 Å². The number of rotatable bonds is 6. The number of piperidine rings is 1. The third-order valence-electron chi connectivity index (χ3n) is 8.51. The first-order chi connectivity index (χ1) is 19.6. The lowest BCUT2D eigenvalue weighted by atomic mass is 9.88. The van der Waals surface area contributed by atoms with Crippen molar-refractivity contribution in [2.45, 2.75) is 42.4 Å². The highest BCUT2D eigenvalue weighted by Crippen LogP contribution is 2.39. The molecule has 9 nitrogen and oxygen atoms in total. The maximum atomic E-state index is 13.9. The largest absolute Gasteiger partial charge is 0.462 e. The van der Waals surface area contributed by atoms with Crippen LogP contribution < -0.4 is 5.32 Å². The molecular formula is C30H33ClN4O5S. The Hall–Kier alpha value is -3.02. The number of carbonyl (C=O) groups excluding carboxylic acids is 2. The number of likely N-dealkylation sites (tertiary alicyclic amines) is 1. The Balaban J connectivity index is 1.25. The Morgan fingerprint density at radius 1 is 1.00 bits per heavy atom. The molecule has 3 saturated heterocycles. The summed E-state index contributed by atoms with van der Waals surface area (Å²) >= 11 is 6.10. The molecule has 216 valence electrons. The predicted octanol–water partition coefficient (Wildman–Crippen LogP) is 3.22. The minimum absolute atomic E-state index is 0.0253. The van der Waals surface area contributed by atoms with Crippen LogP contribution in [0.15, 0.2) is 71.6 Å². The molecule has 3 aromatic rings. The van der Waals surface area contributed by atoms with Crippen molar-refractivity contribution in [2.24, 2.45) is 0 Å². The van der Waals surface area contributed by atoms with E-state index < -0.39 is 27.2 Å². The molecule has 3 fully saturated rings. The van der Waals surface area contributed by atoms with Crippen LogP contribution in [0.4, 0.5) is 0 Å². The zero-order chi connectivity index (χ0) is 28.8. The van der Waals surface area contributed by atoms with Gasteiger partial charge < -0.3 is 9.64 Å². The number of benzene rings is 3. The summed E-state index contributed by atoms with van der Waals surface area (Å²) in [4.78, 5) is 29.7. The number of esters is 1. The fraction of sp³-hybridized carbons (Fsp3) is 0.400. The van der Waals surface area contributed by atoms with Crippen LogP contribution in [0.25, 0.3) is 10.8 Å². The van der Waals surface area contributed by atoms with E-state index in [0.29, 0.717) is 11.6 Å². The van der Waals surface area contributed by atoms with Crippen molar-refractivity contribution < 1.29 is 22.7 Å². The zero-order valence-electron chi connectivity index (χ0n) is 22.9. The van der Waals surface area contributed by atoms with Crippen LogP contribution in [0.3, 0.4) is 0 Å². The van der Waals surface area contributed by atoms with Gasteiger partial charge in [0.1, 0.15) is 12.3 Å². The second-order valence-corrected chi connectivity index (χ2v) is 13.8. The van der Waals surface area contributed by atoms with E-state index in [2.05, 4.69) is 22.3 Å². The fourth-order valence-electron chi connectivity index (χ4n) is 6.41. The first-order valence-electron chi connectivity index (χ1n) is 13.8. The summed E-state index contributed by atoms with van der Waals surface area (Å²) in [5, 5.41) is 5.78. The summed E-state index contributed by atoms with van der Waals surface area (Å²) in [6, 6.07) is 20.4. The van der Waals surface area contributed by atoms with Crippen LogP contribution in [0, 0.1) is 0 Å². The molecule has 1 N–H and O–H groups in total. The summed E-state index contributed by atoms with van der Waals surface area (Å²) < 4.78 is 34.4. The van der Waals surface area contributed by atoms with Gasteiger partial charge in [0.25, 0.3) is 0 Å². The molecule has 6 rings (SSSR count). The third kappa shape index (κ3) is 5.47. The molecule has 0 aromatic heterocycles. The standard InChI is InChI=1S/C30H33ClN4O5S/c1-22(36)40-21-30-20-34(41(38,39)27-10-8-24-15-26(31)9-7-25(24)16-27)18-28(37)35(30)19-29(32-30)11-13-33(14-12-29)17-23-5-3-2-4-6-23/h2-10,15-16,32H,11-14,17-21H2,1H3. The molecule has 1 spiro atoms. The van der Waals surface area contributed by atoms with Crippen LogP contribution in [-0.4, -0.2) is 84.9 Å². The highest BCUT2D eigenvalue weighted by molar-refractivity contribution is 7.89. The Bertz CT molecular complexity index is 1590. The van der Waals surface area contributed by atoms with Gasteiger partial charge in [0.05, 0.1) is 18.0 Å². The molecule has 1 atom stereocenters. The molecule has 0 radical (unpaired) electrons. The molecule has 3 aromatic carbocycles. The van der Waals surface area contributed by atoms with Crippen molar-refractivity contribution in [3.8, 4) is 0 Å². The number of nitrogens with one attached hydrogen (secondary N) is 1. The van der Waals surface area contributed by atoms with E-state index in [4.69, 9.17) is 16.3 Å². The van der Waals surface area contributed by atoms with Gasteiger partial charge in [-0.25, -0.2) is 8.42 Å². The number of amides is 1. The predicted molar refractivity (Wildman–Crippen MR) is 156 cm³/mol. The molecule has 11 heteroatoms. The van der Waals surface area contributed by atoms with Crippen molar-refractivity contribution in [3.63, 3.8) is 0 Å². The molecule has 41 heavy (non-hydrogen) atoms. The Labute approximate surface area is 245 Å². The summed E-state index contributed by atoms with van der Waals surface area (Å²) in [6.45, 7) is 3.83. The quantitative estimate of drug-likeness (QED) is 0.436. The van der Waals surface area contributed by atoms with Crippen molar-refractivity contribution in [1.29, 1.82) is 0 Å². The average Bonchev–Trinajstić information content (AvgIpc) is 3.28. The highest BCUT2D eigenvalue weighted by atomic mass is 35.5. The van der Waals surface area contributed by atoms with Crippen LogP contribution in [-0.2, 0) is 30.9 Å². The maximum Gasteiger partial charge on any atom is 0.302 e. The molecule has 1 unspecified atom stereocenters. The minimum atomic E-state index is -4.03. The molecule has 0 bridgehead atoms. The smallest absolute Gasteiger partial charge is 0.302 e. The van der Waals surface area contributed by atoms with E-state index in [0.717, 1.165) is 43.2 Å². The number of piperazine rings is 1. The Morgan fingerprint density at radius 3 is 2.44 bits per heavy atom. The SMILES string of the molecule is CC(=O)OCC12CN(S(=O)(=O)c3ccc4cc(Cl)ccc4c3)CC(=O)N1CC1(CCN(Cc3ccccc3)CC1)N2. The second-order valence-electron chi connectivity index (χ2n) is 11.4. The summed E-state index contributed by atoms with van der Waals surface area (Å²) in [5.41, 5.74) is -0.301. The highest BCUT2D eigenvalue weighted by Gasteiger charge is 2.59. The molecule has 3 heterocycles. The van der Waals surface area contributed by atoms with E-state index >= 15 is 0 Å². The van der Waals surface area contributed by atoms with E-state index in [9.17, 15) is 18.0 Å².